The van der Waals surface area contributed by atoms with E-state index >= 15 is 0 Å². The summed E-state index contributed by atoms with van der Waals surface area (Å²) >= 11 is 6.93. The lowest BCUT2D eigenvalue weighted by Crippen LogP contribution is -2.04. The van der Waals surface area contributed by atoms with Crippen molar-refractivity contribution >= 4 is 32.8 Å². The van der Waals surface area contributed by atoms with E-state index in [4.69, 9.17) is 11.6 Å². The van der Waals surface area contributed by atoms with Crippen LogP contribution in [-0.2, 0) is 15.6 Å². The summed E-state index contributed by atoms with van der Waals surface area (Å²) in [5.41, 5.74) is 0. The quantitative estimate of drug-likeness (QED) is 0.867. The molecule has 1 aromatic carbocycles. The fraction of sp³-hybridized carbons (Fsp3) is 0.0909. The van der Waals surface area contributed by atoms with Crippen molar-refractivity contribution < 1.29 is 12.8 Å². The Balaban J connectivity index is 2.31. The summed E-state index contributed by atoms with van der Waals surface area (Å²) in [7, 11) is -3.51. The van der Waals surface area contributed by atoms with Gasteiger partial charge in [-0.25, -0.2) is 12.8 Å². The zero-order valence-electron chi connectivity index (χ0n) is 8.56. The number of benzene rings is 1. The molecule has 17 heavy (non-hydrogen) atoms. The minimum Gasteiger partial charge on any atom is -0.223 e. The number of hydrogen-bond acceptors (Lipinski definition) is 3. The average molecular weight is 291 g/mol. The first-order valence-corrected chi connectivity index (χ1v) is 7.54. The summed E-state index contributed by atoms with van der Waals surface area (Å²) in [5.74, 6) is -0.719. The standard InChI is InChI=1S/C11H8ClFO2S2/c12-11-5-4-9(16-11)7-17(14,15)10-3-1-2-8(13)6-10/h1-6H,7H2. The van der Waals surface area contributed by atoms with Gasteiger partial charge in [-0.3, -0.25) is 0 Å². The molecule has 2 aromatic rings. The highest BCUT2D eigenvalue weighted by molar-refractivity contribution is 7.90. The van der Waals surface area contributed by atoms with Gasteiger partial charge in [0.05, 0.1) is 15.0 Å². The molecular formula is C11H8ClFO2S2. The first kappa shape index (κ1) is 12.5. The van der Waals surface area contributed by atoms with E-state index in [2.05, 4.69) is 0 Å². The maximum Gasteiger partial charge on any atom is 0.183 e. The summed E-state index contributed by atoms with van der Waals surface area (Å²) in [5, 5.41) is 0. The predicted octanol–water partition coefficient (Wildman–Crippen LogP) is 3.51. The molecule has 0 atom stereocenters. The second-order valence-corrected chi connectivity index (χ2v) is 7.21. The molecule has 0 aliphatic carbocycles. The molecule has 2 rings (SSSR count). The molecule has 0 unspecified atom stereocenters. The monoisotopic (exact) mass is 290 g/mol. The lowest BCUT2D eigenvalue weighted by molar-refractivity contribution is 0.590. The van der Waals surface area contributed by atoms with Crippen molar-refractivity contribution in [1.82, 2.24) is 0 Å². The molecule has 0 saturated heterocycles. The van der Waals surface area contributed by atoms with Crippen LogP contribution in [0.2, 0.25) is 4.34 Å². The van der Waals surface area contributed by atoms with Crippen molar-refractivity contribution in [3.8, 4) is 0 Å². The van der Waals surface area contributed by atoms with Crippen LogP contribution in [0.25, 0.3) is 0 Å². The molecular weight excluding hydrogens is 283 g/mol. The van der Waals surface area contributed by atoms with Crippen LogP contribution in [0.1, 0.15) is 4.88 Å². The van der Waals surface area contributed by atoms with Gasteiger partial charge in [-0.15, -0.1) is 11.3 Å². The van der Waals surface area contributed by atoms with E-state index in [9.17, 15) is 12.8 Å². The largest absolute Gasteiger partial charge is 0.223 e. The Morgan fingerprint density at radius 3 is 2.59 bits per heavy atom. The molecule has 1 heterocycles. The molecule has 0 fully saturated rings. The molecule has 0 radical (unpaired) electrons. The second-order valence-electron chi connectivity index (χ2n) is 3.42. The van der Waals surface area contributed by atoms with Crippen LogP contribution in [0.5, 0.6) is 0 Å². The highest BCUT2D eigenvalue weighted by Crippen LogP contribution is 2.25. The van der Waals surface area contributed by atoms with Gasteiger partial charge in [0.1, 0.15) is 5.82 Å². The van der Waals surface area contributed by atoms with Crippen LogP contribution in [0, 0.1) is 5.82 Å². The lowest BCUT2D eigenvalue weighted by atomic mass is 10.4. The Labute approximate surface area is 108 Å². The molecule has 0 saturated carbocycles. The molecule has 0 aliphatic heterocycles. The summed E-state index contributed by atoms with van der Waals surface area (Å²) in [6.07, 6.45) is 0. The fourth-order valence-electron chi connectivity index (χ4n) is 1.36. The van der Waals surface area contributed by atoms with Crippen LogP contribution >= 0.6 is 22.9 Å². The van der Waals surface area contributed by atoms with E-state index < -0.39 is 15.7 Å². The molecule has 0 spiro atoms. The van der Waals surface area contributed by atoms with Crippen molar-refractivity contribution in [2.75, 3.05) is 0 Å². The topological polar surface area (TPSA) is 34.1 Å². The van der Waals surface area contributed by atoms with Crippen LogP contribution in [0.4, 0.5) is 4.39 Å². The minimum absolute atomic E-state index is 0.0120. The molecule has 90 valence electrons. The average Bonchev–Trinajstić information content (AvgIpc) is 2.63. The number of rotatable bonds is 3. The molecule has 6 heteroatoms. The molecule has 1 aromatic heterocycles. The lowest BCUT2D eigenvalue weighted by Gasteiger charge is -2.02. The van der Waals surface area contributed by atoms with Gasteiger partial charge in [-0.1, -0.05) is 17.7 Å². The van der Waals surface area contributed by atoms with Crippen molar-refractivity contribution in [2.45, 2.75) is 10.6 Å². The Hall–Kier alpha value is -0.910. The van der Waals surface area contributed by atoms with Crippen molar-refractivity contribution in [3.05, 3.63) is 51.4 Å². The predicted molar refractivity (Wildman–Crippen MR) is 66.6 cm³/mol. The molecule has 0 aliphatic rings. The summed E-state index contributed by atoms with van der Waals surface area (Å²) < 4.78 is 37.4. The minimum atomic E-state index is -3.51. The van der Waals surface area contributed by atoms with E-state index in [1.54, 1.807) is 12.1 Å². The van der Waals surface area contributed by atoms with Crippen LogP contribution in [0.3, 0.4) is 0 Å². The van der Waals surface area contributed by atoms with Crippen molar-refractivity contribution in [2.24, 2.45) is 0 Å². The van der Waals surface area contributed by atoms with E-state index in [0.29, 0.717) is 9.21 Å². The molecule has 0 bridgehead atoms. The highest BCUT2D eigenvalue weighted by Gasteiger charge is 2.16. The smallest absolute Gasteiger partial charge is 0.183 e. The van der Waals surface area contributed by atoms with Gasteiger partial charge in [0.15, 0.2) is 9.84 Å². The summed E-state index contributed by atoms with van der Waals surface area (Å²) in [6, 6.07) is 8.29. The van der Waals surface area contributed by atoms with E-state index in [1.165, 1.54) is 29.5 Å². The zero-order valence-corrected chi connectivity index (χ0v) is 10.9. The Morgan fingerprint density at radius 1 is 1.24 bits per heavy atom. The maximum atomic E-state index is 13.0. The Morgan fingerprint density at radius 2 is 2.00 bits per heavy atom. The van der Waals surface area contributed by atoms with Crippen LogP contribution < -0.4 is 0 Å². The van der Waals surface area contributed by atoms with E-state index in [0.717, 1.165) is 6.07 Å². The van der Waals surface area contributed by atoms with Gasteiger partial charge in [0.25, 0.3) is 0 Å². The van der Waals surface area contributed by atoms with Crippen molar-refractivity contribution in [1.29, 1.82) is 0 Å². The number of sulfone groups is 1. The SMILES string of the molecule is O=S(=O)(Cc1ccc(Cl)s1)c1cccc(F)c1. The fourth-order valence-corrected chi connectivity index (χ4v) is 4.16. The summed E-state index contributed by atoms with van der Waals surface area (Å²) in [4.78, 5) is 0.626. The van der Waals surface area contributed by atoms with Gasteiger partial charge in [-0.05, 0) is 30.3 Å². The van der Waals surface area contributed by atoms with Gasteiger partial charge in [0, 0.05) is 4.88 Å². The van der Waals surface area contributed by atoms with Crippen LogP contribution in [0.15, 0.2) is 41.3 Å². The van der Waals surface area contributed by atoms with Gasteiger partial charge in [0.2, 0.25) is 0 Å². The third kappa shape index (κ3) is 3.06. The number of hydrogen-bond donors (Lipinski definition) is 0. The van der Waals surface area contributed by atoms with Gasteiger partial charge in [-0.2, -0.15) is 0 Å². The first-order valence-electron chi connectivity index (χ1n) is 4.70. The number of halogens is 2. The van der Waals surface area contributed by atoms with Gasteiger partial charge < -0.3 is 0 Å². The highest BCUT2D eigenvalue weighted by atomic mass is 35.5. The molecule has 0 amide bonds. The molecule has 0 N–H and O–H groups in total. The Kier molecular flexibility index (Phi) is 3.51. The number of thiophene rings is 1. The maximum absolute atomic E-state index is 13.0. The van der Waals surface area contributed by atoms with Gasteiger partial charge >= 0.3 is 0 Å². The van der Waals surface area contributed by atoms with Crippen molar-refractivity contribution in [3.63, 3.8) is 0 Å². The first-order chi connectivity index (χ1) is 7.97. The molecule has 2 nitrogen and oxygen atoms in total. The van der Waals surface area contributed by atoms with Crippen LogP contribution in [-0.4, -0.2) is 8.42 Å². The third-order valence-corrected chi connectivity index (χ3v) is 5.19. The van der Waals surface area contributed by atoms with E-state index in [1.807, 2.05) is 0 Å². The summed E-state index contributed by atoms with van der Waals surface area (Å²) in [6.45, 7) is 0. The normalized spacial score (nSPS) is 11.6. The zero-order chi connectivity index (χ0) is 12.5. The Bertz CT molecular complexity index is 634. The second kappa shape index (κ2) is 4.76. The third-order valence-electron chi connectivity index (χ3n) is 2.12. The van der Waals surface area contributed by atoms with E-state index in [-0.39, 0.29) is 10.6 Å².